The summed E-state index contributed by atoms with van der Waals surface area (Å²) in [7, 11) is -4.01. The van der Waals surface area contributed by atoms with E-state index in [-0.39, 0.29) is 38.2 Å². The van der Waals surface area contributed by atoms with E-state index in [2.05, 4.69) is 15.4 Å². The van der Waals surface area contributed by atoms with Gasteiger partial charge < -0.3 is 10.5 Å². The van der Waals surface area contributed by atoms with Crippen LogP contribution in [0.3, 0.4) is 0 Å². The average Bonchev–Trinajstić information content (AvgIpc) is 3.63. The molecule has 33 heavy (non-hydrogen) atoms. The van der Waals surface area contributed by atoms with Crippen LogP contribution in [0, 0.1) is 5.21 Å². The van der Waals surface area contributed by atoms with Gasteiger partial charge in [0.05, 0.1) is 16.0 Å². The van der Waals surface area contributed by atoms with Crippen LogP contribution in [0.2, 0.25) is 0 Å². The molecule has 3 aromatic heterocycles. The van der Waals surface area contributed by atoms with Gasteiger partial charge in [0.15, 0.2) is 23.7 Å². The highest BCUT2D eigenvalue weighted by atomic mass is 32.2. The Labute approximate surface area is 187 Å². The average molecular weight is 463 g/mol. The molecule has 11 heteroatoms. The van der Waals surface area contributed by atoms with E-state index in [1.165, 1.54) is 53.5 Å². The number of rotatable bonds is 5. The van der Waals surface area contributed by atoms with E-state index in [1.807, 2.05) is 0 Å². The fraction of sp³-hybridized carbons (Fsp3) is 0.136. The molecule has 166 valence electrons. The highest BCUT2D eigenvalue weighted by Gasteiger charge is 2.27. The van der Waals surface area contributed by atoms with Crippen LogP contribution in [0.4, 0.5) is 0 Å². The molecule has 1 amide bonds. The summed E-state index contributed by atoms with van der Waals surface area (Å²) in [6, 6.07) is 11.6. The number of amides is 1. The van der Waals surface area contributed by atoms with Gasteiger partial charge in [-0.25, -0.2) is 18.1 Å². The molecule has 1 aliphatic carbocycles. The first-order valence-electron chi connectivity index (χ1n) is 10.1. The molecule has 5 rings (SSSR count). The number of sulfone groups is 1. The third-order valence-electron chi connectivity index (χ3n) is 5.21. The Bertz CT molecular complexity index is 1580. The molecule has 0 radical (unpaired) electrons. The zero-order valence-corrected chi connectivity index (χ0v) is 17.9. The standard InChI is InChI=1S/C22H17N5O5S/c28-20-18-7-2-10-23-21(18)27(25-19(20)22(29)24-14-8-9-14)15-4-1-5-16(12-15)33(31,32)17-6-3-11-26(30)13-17/h1-7,10-14H,8-9H2,(H,24,29). The van der Waals surface area contributed by atoms with Gasteiger partial charge in [-0.2, -0.15) is 9.83 Å². The van der Waals surface area contributed by atoms with Crippen molar-refractivity contribution in [3.63, 3.8) is 0 Å². The number of aromatic nitrogens is 4. The number of nitrogens with zero attached hydrogens (tertiary/aromatic N) is 4. The first-order chi connectivity index (χ1) is 15.8. The Hall–Kier alpha value is -4.12. The van der Waals surface area contributed by atoms with Crippen molar-refractivity contribution in [3.05, 3.63) is 88.2 Å². The van der Waals surface area contributed by atoms with Crippen LogP contribution in [0.25, 0.3) is 16.7 Å². The van der Waals surface area contributed by atoms with E-state index in [9.17, 15) is 23.2 Å². The number of pyridine rings is 2. The highest BCUT2D eigenvalue weighted by Crippen LogP contribution is 2.23. The van der Waals surface area contributed by atoms with Gasteiger partial charge in [-0.15, -0.1) is 0 Å². The summed E-state index contributed by atoms with van der Waals surface area (Å²) >= 11 is 0. The van der Waals surface area contributed by atoms with Crippen LogP contribution >= 0.6 is 0 Å². The van der Waals surface area contributed by atoms with E-state index in [0.717, 1.165) is 19.0 Å². The van der Waals surface area contributed by atoms with Crippen LogP contribution in [0.5, 0.6) is 0 Å². The molecule has 0 spiro atoms. The van der Waals surface area contributed by atoms with E-state index in [0.29, 0.717) is 4.73 Å². The van der Waals surface area contributed by atoms with Crippen LogP contribution < -0.4 is 15.5 Å². The van der Waals surface area contributed by atoms with Gasteiger partial charge in [0, 0.05) is 18.3 Å². The lowest BCUT2D eigenvalue weighted by molar-refractivity contribution is -0.607. The maximum absolute atomic E-state index is 13.1. The molecule has 0 bridgehead atoms. The van der Waals surface area contributed by atoms with Crippen molar-refractivity contribution in [2.75, 3.05) is 0 Å². The molecule has 1 fully saturated rings. The monoisotopic (exact) mass is 463 g/mol. The summed E-state index contributed by atoms with van der Waals surface area (Å²) in [5.41, 5.74) is -0.394. The van der Waals surface area contributed by atoms with Gasteiger partial charge in [-0.05, 0) is 49.2 Å². The summed E-state index contributed by atoms with van der Waals surface area (Å²) in [6.07, 6.45) is 5.32. The SMILES string of the molecule is O=C(NC1CC1)c1nn(-c2cccc(S(=O)(=O)c3ccc[n+]([O-])c3)c2)c2ncccc2c1=O. The summed E-state index contributed by atoms with van der Waals surface area (Å²) in [5, 5.41) is 18.8. The Balaban J connectivity index is 1.68. The number of hydrogen-bond donors (Lipinski definition) is 1. The minimum atomic E-state index is -4.01. The van der Waals surface area contributed by atoms with Crippen molar-refractivity contribution in [2.24, 2.45) is 0 Å². The Morgan fingerprint density at radius 2 is 1.91 bits per heavy atom. The Morgan fingerprint density at radius 3 is 2.67 bits per heavy atom. The van der Waals surface area contributed by atoms with Gasteiger partial charge in [0.1, 0.15) is 4.90 Å². The van der Waals surface area contributed by atoms with Crippen LogP contribution in [-0.2, 0) is 9.84 Å². The third kappa shape index (κ3) is 3.82. The molecule has 0 aliphatic heterocycles. The lowest BCUT2D eigenvalue weighted by Crippen LogP contribution is -2.33. The maximum Gasteiger partial charge on any atom is 0.276 e. The molecule has 1 aromatic carbocycles. The lowest BCUT2D eigenvalue weighted by atomic mass is 10.2. The van der Waals surface area contributed by atoms with Gasteiger partial charge >= 0.3 is 0 Å². The highest BCUT2D eigenvalue weighted by molar-refractivity contribution is 7.91. The summed E-state index contributed by atoms with van der Waals surface area (Å²) in [6.45, 7) is 0. The zero-order valence-electron chi connectivity index (χ0n) is 17.1. The quantitative estimate of drug-likeness (QED) is 0.346. The molecule has 4 aromatic rings. The molecule has 1 aliphatic rings. The molecule has 0 unspecified atom stereocenters. The minimum absolute atomic E-state index is 0.0277. The molecule has 1 saturated carbocycles. The number of benzene rings is 1. The fourth-order valence-corrected chi connectivity index (χ4v) is 4.69. The molecule has 10 nitrogen and oxygen atoms in total. The molecular weight excluding hydrogens is 446 g/mol. The summed E-state index contributed by atoms with van der Waals surface area (Å²) in [5.74, 6) is -0.588. The predicted octanol–water partition coefficient (Wildman–Crippen LogP) is 1.14. The van der Waals surface area contributed by atoms with E-state index >= 15 is 0 Å². The Morgan fingerprint density at radius 1 is 1.12 bits per heavy atom. The van der Waals surface area contributed by atoms with Crippen molar-refractivity contribution < 1.29 is 17.9 Å². The van der Waals surface area contributed by atoms with Crippen LogP contribution in [0.1, 0.15) is 23.3 Å². The number of carbonyl (C=O) groups excluding carboxylic acids is 1. The number of nitrogens with one attached hydrogen (secondary N) is 1. The molecule has 3 heterocycles. The van der Waals surface area contributed by atoms with Crippen LogP contribution in [-0.4, -0.2) is 35.1 Å². The molecule has 0 atom stereocenters. The lowest BCUT2D eigenvalue weighted by Gasteiger charge is -2.12. The maximum atomic E-state index is 13.1. The molecule has 0 saturated heterocycles. The second-order valence-corrected chi connectivity index (χ2v) is 9.56. The molecule has 1 N–H and O–H groups in total. The zero-order chi connectivity index (χ0) is 23.2. The van der Waals surface area contributed by atoms with Crippen molar-refractivity contribution >= 4 is 26.8 Å². The smallest absolute Gasteiger partial charge is 0.276 e. The fourth-order valence-electron chi connectivity index (χ4n) is 3.38. The van der Waals surface area contributed by atoms with E-state index in [4.69, 9.17) is 0 Å². The first kappa shape index (κ1) is 20.8. The number of carbonyl (C=O) groups is 1. The minimum Gasteiger partial charge on any atom is -0.619 e. The predicted molar refractivity (Wildman–Crippen MR) is 116 cm³/mol. The number of fused-ring (bicyclic) bond motifs is 1. The van der Waals surface area contributed by atoms with Gasteiger partial charge in [-0.1, -0.05) is 6.07 Å². The van der Waals surface area contributed by atoms with Gasteiger partial charge in [0.2, 0.25) is 15.3 Å². The van der Waals surface area contributed by atoms with Gasteiger partial charge in [0.25, 0.3) is 5.91 Å². The largest absolute Gasteiger partial charge is 0.619 e. The van der Waals surface area contributed by atoms with Crippen molar-refractivity contribution in [1.82, 2.24) is 20.1 Å². The van der Waals surface area contributed by atoms with E-state index < -0.39 is 21.2 Å². The van der Waals surface area contributed by atoms with Crippen LogP contribution in [0.15, 0.2) is 81.7 Å². The van der Waals surface area contributed by atoms with Crippen molar-refractivity contribution in [2.45, 2.75) is 28.7 Å². The van der Waals surface area contributed by atoms with Crippen molar-refractivity contribution in [1.29, 1.82) is 0 Å². The normalized spacial score (nSPS) is 13.7. The first-order valence-corrected chi connectivity index (χ1v) is 11.6. The topological polar surface area (TPSA) is 138 Å². The summed E-state index contributed by atoms with van der Waals surface area (Å²) in [4.78, 5) is 29.5. The number of hydrogen-bond acceptors (Lipinski definition) is 7. The second kappa shape index (κ2) is 7.78. The third-order valence-corrected chi connectivity index (χ3v) is 6.94. The van der Waals surface area contributed by atoms with Gasteiger partial charge in [-0.3, -0.25) is 9.59 Å². The second-order valence-electron chi connectivity index (χ2n) is 7.61. The Kier molecular flexibility index (Phi) is 4.90. The summed E-state index contributed by atoms with van der Waals surface area (Å²) < 4.78 is 27.8. The van der Waals surface area contributed by atoms with E-state index in [1.54, 1.807) is 12.1 Å². The van der Waals surface area contributed by atoms with Crippen molar-refractivity contribution in [3.8, 4) is 5.69 Å². The molecular formula is C22H17N5O5S.